The van der Waals surface area contributed by atoms with Gasteiger partial charge in [0.15, 0.2) is 0 Å². The molecule has 0 radical (unpaired) electrons. The number of aliphatic carboxylic acids is 2. The van der Waals surface area contributed by atoms with Gasteiger partial charge in [-0.3, -0.25) is 14.4 Å². The maximum Gasteiger partial charge on any atom is 0.307 e. The highest BCUT2D eigenvalue weighted by Gasteiger charge is 2.48. The van der Waals surface area contributed by atoms with Crippen molar-refractivity contribution >= 4 is 17.8 Å². The van der Waals surface area contributed by atoms with E-state index in [-0.39, 0.29) is 18.4 Å². The van der Waals surface area contributed by atoms with Crippen LogP contribution >= 0.6 is 0 Å². The molecular formula is C23H25NO5. The van der Waals surface area contributed by atoms with E-state index in [1.165, 1.54) is 0 Å². The predicted octanol–water partition coefficient (Wildman–Crippen LogP) is 3.21. The molecule has 0 bridgehead atoms. The predicted molar refractivity (Wildman–Crippen MR) is 108 cm³/mol. The second-order valence-corrected chi connectivity index (χ2v) is 7.73. The van der Waals surface area contributed by atoms with Crippen LogP contribution in [0, 0.1) is 17.8 Å². The Morgan fingerprint density at radius 2 is 1.59 bits per heavy atom. The highest BCUT2D eigenvalue weighted by atomic mass is 16.4. The van der Waals surface area contributed by atoms with E-state index in [0.29, 0.717) is 12.8 Å². The molecule has 2 aromatic carbocycles. The van der Waals surface area contributed by atoms with Gasteiger partial charge in [-0.15, -0.1) is 0 Å². The van der Waals surface area contributed by atoms with E-state index >= 15 is 0 Å². The summed E-state index contributed by atoms with van der Waals surface area (Å²) in [6.45, 7) is 1.61. The van der Waals surface area contributed by atoms with Gasteiger partial charge in [-0.05, 0) is 36.0 Å². The lowest BCUT2D eigenvalue weighted by molar-refractivity contribution is -0.141. The van der Waals surface area contributed by atoms with Crippen molar-refractivity contribution in [2.24, 2.45) is 17.8 Å². The third-order valence-corrected chi connectivity index (χ3v) is 5.39. The Balaban J connectivity index is 1.68. The second kappa shape index (κ2) is 8.90. The molecule has 1 unspecified atom stereocenters. The lowest BCUT2D eigenvalue weighted by Gasteiger charge is -2.21. The molecule has 152 valence electrons. The van der Waals surface area contributed by atoms with Gasteiger partial charge in [0.05, 0.1) is 17.8 Å². The number of amides is 1. The fourth-order valence-corrected chi connectivity index (χ4v) is 3.54. The van der Waals surface area contributed by atoms with E-state index in [1.807, 2.05) is 54.6 Å². The van der Waals surface area contributed by atoms with Gasteiger partial charge in [-0.1, -0.05) is 61.5 Å². The van der Waals surface area contributed by atoms with Gasteiger partial charge in [-0.2, -0.15) is 0 Å². The van der Waals surface area contributed by atoms with Crippen LogP contribution in [0.4, 0.5) is 0 Å². The molecule has 6 heteroatoms. The number of hydrogen-bond donors (Lipinski definition) is 3. The van der Waals surface area contributed by atoms with Gasteiger partial charge >= 0.3 is 11.9 Å². The molecule has 0 aliphatic heterocycles. The van der Waals surface area contributed by atoms with Gasteiger partial charge < -0.3 is 15.5 Å². The third-order valence-electron chi connectivity index (χ3n) is 5.39. The molecule has 3 rings (SSSR count). The summed E-state index contributed by atoms with van der Waals surface area (Å²) in [5.41, 5.74) is 3.17. The molecule has 3 N–H and O–H groups in total. The number of rotatable bonds is 9. The van der Waals surface area contributed by atoms with Gasteiger partial charge in [0.2, 0.25) is 5.91 Å². The standard InChI is InChI=1S/C23H25NO5/c1-14(22(26)27)11-18(24-21(25)19-13-20(19)23(28)29)12-15-7-9-17(10-8-15)16-5-3-2-4-6-16/h2-10,14,18-20H,11-13H2,1H3,(H,24,25)(H,26,27)(H,28,29)/t14-,18+,19?,20-/m1/s1. The SMILES string of the molecule is C[C@H](C[C@@H](Cc1ccc(-c2ccccc2)cc1)NC(=O)C1C[C@H]1C(=O)O)C(=O)O. The summed E-state index contributed by atoms with van der Waals surface area (Å²) in [4.78, 5) is 34.7. The smallest absolute Gasteiger partial charge is 0.307 e. The Hall–Kier alpha value is -3.15. The Morgan fingerprint density at radius 1 is 0.966 bits per heavy atom. The summed E-state index contributed by atoms with van der Waals surface area (Å²) in [7, 11) is 0. The van der Waals surface area contributed by atoms with Crippen molar-refractivity contribution < 1.29 is 24.6 Å². The van der Waals surface area contributed by atoms with Crippen molar-refractivity contribution in [1.82, 2.24) is 5.32 Å². The Bertz CT molecular complexity index is 878. The fraction of sp³-hybridized carbons (Fsp3) is 0.348. The van der Waals surface area contributed by atoms with Crippen molar-refractivity contribution in [1.29, 1.82) is 0 Å². The van der Waals surface area contributed by atoms with Crippen LogP contribution in [-0.4, -0.2) is 34.1 Å². The lowest BCUT2D eigenvalue weighted by Crippen LogP contribution is -2.40. The average Bonchev–Trinajstić information content (AvgIpc) is 3.50. The van der Waals surface area contributed by atoms with Gasteiger partial charge in [-0.25, -0.2) is 0 Å². The molecule has 2 aromatic rings. The maximum atomic E-state index is 12.4. The number of nitrogens with one attached hydrogen (secondary N) is 1. The molecule has 1 saturated carbocycles. The highest BCUT2D eigenvalue weighted by molar-refractivity contribution is 5.89. The molecule has 0 aromatic heterocycles. The molecule has 0 spiro atoms. The van der Waals surface area contributed by atoms with E-state index in [0.717, 1.165) is 16.7 Å². The Kier molecular flexibility index (Phi) is 6.32. The van der Waals surface area contributed by atoms with Crippen molar-refractivity contribution in [2.75, 3.05) is 0 Å². The first kappa shape index (κ1) is 20.6. The molecule has 0 heterocycles. The average molecular weight is 395 g/mol. The lowest BCUT2D eigenvalue weighted by atomic mass is 9.94. The van der Waals surface area contributed by atoms with Crippen molar-refractivity contribution in [3.63, 3.8) is 0 Å². The summed E-state index contributed by atoms with van der Waals surface area (Å²) in [6, 6.07) is 17.6. The van der Waals surface area contributed by atoms with Gasteiger partial charge in [0.1, 0.15) is 0 Å². The molecule has 1 aliphatic rings. The third kappa shape index (κ3) is 5.44. The van der Waals surface area contributed by atoms with Crippen LogP contribution in [0.25, 0.3) is 11.1 Å². The zero-order valence-corrected chi connectivity index (χ0v) is 16.2. The normalized spacial score (nSPS) is 19.8. The highest BCUT2D eigenvalue weighted by Crippen LogP contribution is 2.39. The van der Waals surface area contributed by atoms with E-state index in [9.17, 15) is 19.5 Å². The molecule has 1 aliphatic carbocycles. The number of hydrogen-bond acceptors (Lipinski definition) is 3. The molecule has 1 amide bonds. The number of carbonyl (C=O) groups is 3. The zero-order valence-electron chi connectivity index (χ0n) is 16.2. The van der Waals surface area contributed by atoms with E-state index in [4.69, 9.17) is 5.11 Å². The van der Waals surface area contributed by atoms with E-state index in [1.54, 1.807) is 6.92 Å². The van der Waals surface area contributed by atoms with Crippen LogP contribution in [-0.2, 0) is 20.8 Å². The minimum Gasteiger partial charge on any atom is -0.481 e. The topological polar surface area (TPSA) is 104 Å². The zero-order chi connectivity index (χ0) is 21.0. The quantitative estimate of drug-likeness (QED) is 0.605. The summed E-state index contributed by atoms with van der Waals surface area (Å²) in [5, 5.41) is 21.1. The fourth-order valence-electron chi connectivity index (χ4n) is 3.54. The summed E-state index contributed by atoms with van der Waals surface area (Å²) in [6.07, 6.45) is 1.11. The largest absolute Gasteiger partial charge is 0.481 e. The maximum absolute atomic E-state index is 12.4. The number of benzene rings is 2. The first-order valence-corrected chi connectivity index (χ1v) is 9.75. The van der Waals surface area contributed by atoms with Crippen LogP contribution in [0.15, 0.2) is 54.6 Å². The Morgan fingerprint density at radius 3 is 2.14 bits per heavy atom. The summed E-state index contributed by atoms with van der Waals surface area (Å²) >= 11 is 0. The van der Waals surface area contributed by atoms with Crippen LogP contribution in [0.5, 0.6) is 0 Å². The second-order valence-electron chi connectivity index (χ2n) is 7.73. The van der Waals surface area contributed by atoms with Crippen LogP contribution in [0.2, 0.25) is 0 Å². The van der Waals surface area contributed by atoms with Crippen molar-refractivity contribution in [2.45, 2.75) is 32.2 Å². The van der Waals surface area contributed by atoms with Gasteiger partial charge in [0, 0.05) is 6.04 Å². The first-order valence-electron chi connectivity index (χ1n) is 9.75. The number of carboxylic acid groups (broad SMARTS) is 2. The van der Waals surface area contributed by atoms with Gasteiger partial charge in [0.25, 0.3) is 0 Å². The monoisotopic (exact) mass is 395 g/mol. The molecule has 29 heavy (non-hydrogen) atoms. The number of carboxylic acids is 2. The molecule has 0 saturated heterocycles. The van der Waals surface area contributed by atoms with E-state index in [2.05, 4.69) is 5.32 Å². The molecule has 1 fully saturated rings. The van der Waals surface area contributed by atoms with Crippen molar-refractivity contribution in [3.05, 3.63) is 60.2 Å². The molecular weight excluding hydrogens is 370 g/mol. The first-order chi connectivity index (χ1) is 13.8. The van der Waals surface area contributed by atoms with E-state index < -0.39 is 29.7 Å². The Labute approximate surface area is 169 Å². The molecule has 6 nitrogen and oxygen atoms in total. The molecule has 4 atom stereocenters. The van der Waals surface area contributed by atoms with Crippen LogP contribution in [0.1, 0.15) is 25.3 Å². The number of carbonyl (C=O) groups excluding carboxylic acids is 1. The minimum atomic E-state index is -0.961. The summed E-state index contributed by atoms with van der Waals surface area (Å²) in [5.74, 6) is -3.94. The minimum absolute atomic E-state index is 0.284. The van der Waals surface area contributed by atoms with Crippen molar-refractivity contribution in [3.8, 4) is 11.1 Å². The summed E-state index contributed by atoms with van der Waals surface area (Å²) < 4.78 is 0. The van der Waals surface area contributed by atoms with Crippen LogP contribution < -0.4 is 5.32 Å². The van der Waals surface area contributed by atoms with Crippen LogP contribution in [0.3, 0.4) is 0 Å².